The van der Waals surface area contributed by atoms with E-state index in [1.54, 1.807) is 7.11 Å². The number of hydrogen-bond acceptors (Lipinski definition) is 2. The second-order valence-electron chi connectivity index (χ2n) is 5.35. The number of carbonyl (C=O) groups excluding carboxylic acids is 1. The van der Waals surface area contributed by atoms with Crippen molar-refractivity contribution in [1.29, 1.82) is 0 Å². The van der Waals surface area contributed by atoms with Gasteiger partial charge >= 0.3 is 0 Å². The number of carbonyl (C=O) groups is 1. The number of benzene rings is 2. The molecule has 0 heterocycles. The van der Waals surface area contributed by atoms with Crippen molar-refractivity contribution < 1.29 is 9.53 Å². The number of amides is 1. The molecule has 3 nitrogen and oxygen atoms in total. The molecule has 0 unspecified atom stereocenters. The Hall–Kier alpha value is -2.29. The molecule has 2 rings (SSSR count). The first-order valence-electron chi connectivity index (χ1n) is 7.11. The molecule has 1 amide bonds. The fraction of sp³-hybridized carbons (Fsp3) is 0.278. The molecule has 0 aliphatic carbocycles. The van der Waals surface area contributed by atoms with Crippen molar-refractivity contribution in [1.82, 2.24) is 0 Å². The average Bonchev–Trinajstić information content (AvgIpc) is 2.48. The minimum Gasteiger partial charge on any atom is -0.497 e. The zero-order valence-electron chi connectivity index (χ0n) is 12.7. The third kappa shape index (κ3) is 4.35. The number of hydrogen-bond donors (Lipinski definition) is 1. The van der Waals surface area contributed by atoms with Crippen LogP contribution in [-0.2, 0) is 11.2 Å². The smallest absolute Gasteiger partial charge is 0.228 e. The third-order valence-corrected chi connectivity index (χ3v) is 3.36. The van der Waals surface area contributed by atoms with Gasteiger partial charge in [-0.05, 0) is 41.3 Å². The van der Waals surface area contributed by atoms with Crippen molar-refractivity contribution in [2.75, 3.05) is 12.4 Å². The van der Waals surface area contributed by atoms with Gasteiger partial charge in [0.15, 0.2) is 0 Å². The van der Waals surface area contributed by atoms with Crippen molar-refractivity contribution in [3.8, 4) is 5.75 Å². The molecule has 0 saturated carbocycles. The lowest BCUT2D eigenvalue weighted by atomic mass is 10.0. The summed E-state index contributed by atoms with van der Waals surface area (Å²) in [7, 11) is 1.63. The van der Waals surface area contributed by atoms with E-state index >= 15 is 0 Å². The Kier molecular flexibility index (Phi) is 4.99. The summed E-state index contributed by atoms with van der Waals surface area (Å²) in [5.74, 6) is 1.23. The monoisotopic (exact) mass is 283 g/mol. The van der Waals surface area contributed by atoms with Gasteiger partial charge in [0.05, 0.1) is 13.5 Å². The molecule has 0 spiro atoms. The molecule has 0 aliphatic rings. The van der Waals surface area contributed by atoms with Gasteiger partial charge in [0.2, 0.25) is 5.91 Å². The van der Waals surface area contributed by atoms with Crippen molar-refractivity contribution in [2.45, 2.75) is 26.2 Å². The van der Waals surface area contributed by atoms with E-state index in [2.05, 4.69) is 25.2 Å². The lowest BCUT2D eigenvalue weighted by Gasteiger charge is -2.10. The van der Waals surface area contributed by atoms with Crippen LogP contribution in [0.15, 0.2) is 48.5 Å². The minimum atomic E-state index is -0.0129. The summed E-state index contributed by atoms with van der Waals surface area (Å²) in [6.45, 7) is 4.27. The molecule has 110 valence electrons. The van der Waals surface area contributed by atoms with Crippen molar-refractivity contribution >= 4 is 11.6 Å². The molecule has 0 fully saturated rings. The van der Waals surface area contributed by atoms with Crippen LogP contribution in [0, 0.1) is 0 Å². The van der Waals surface area contributed by atoms with Crippen LogP contribution in [0.3, 0.4) is 0 Å². The zero-order valence-corrected chi connectivity index (χ0v) is 12.7. The second-order valence-corrected chi connectivity index (χ2v) is 5.35. The lowest BCUT2D eigenvalue weighted by molar-refractivity contribution is -0.115. The zero-order chi connectivity index (χ0) is 15.2. The maximum absolute atomic E-state index is 12.1. The Bertz CT molecular complexity index is 603. The molecule has 3 heteroatoms. The van der Waals surface area contributed by atoms with E-state index in [0.717, 1.165) is 17.0 Å². The molecule has 0 bridgehead atoms. The summed E-state index contributed by atoms with van der Waals surface area (Å²) in [5, 5.41) is 2.94. The molecule has 0 aliphatic heterocycles. The molecule has 0 saturated heterocycles. The predicted molar refractivity (Wildman–Crippen MR) is 85.9 cm³/mol. The van der Waals surface area contributed by atoms with E-state index in [1.165, 1.54) is 5.56 Å². The van der Waals surface area contributed by atoms with Crippen LogP contribution in [0.1, 0.15) is 30.9 Å². The van der Waals surface area contributed by atoms with E-state index in [9.17, 15) is 4.79 Å². The quantitative estimate of drug-likeness (QED) is 0.900. The summed E-state index contributed by atoms with van der Waals surface area (Å²) in [6.07, 6.45) is 0.357. The van der Waals surface area contributed by atoms with Gasteiger partial charge in [-0.3, -0.25) is 4.79 Å². The van der Waals surface area contributed by atoms with E-state index in [0.29, 0.717) is 12.3 Å². The van der Waals surface area contributed by atoms with Crippen LogP contribution in [0.2, 0.25) is 0 Å². The fourth-order valence-electron chi connectivity index (χ4n) is 2.11. The molecular formula is C18H21NO2. The molecule has 1 N–H and O–H groups in total. The number of ether oxygens (including phenoxy) is 1. The summed E-state index contributed by atoms with van der Waals surface area (Å²) in [6, 6.07) is 15.5. The first kappa shape index (κ1) is 15.1. The highest BCUT2D eigenvalue weighted by Crippen LogP contribution is 2.19. The number of nitrogens with one attached hydrogen (secondary N) is 1. The van der Waals surface area contributed by atoms with Crippen LogP contribution >= 0.6 is 0 Å². The van der Waals surface area contributed by atoms with Gasteiger partial charge in [-0.1, -0.05) is 38.1 Å². The largest absolute Gasteiger partial charge is 0.497 e. The highest BCUT2D eigenvalue weighted by molar-refractivity contribution is 5.92. The summed E-state index contributed by atoms with van der Waals surface area (Å²) in [4.78, 5) is 12.1. The van der Waals surface area contributed by atoms with Gasteiger partial charge in [0, 0.05) is 5.69 Å². The summed E-state index contributed by atoms with van der Waals surface area (Å²) >= 11 is 0. The van der Waals surface area contributed by atoms with Gasteiger partial charge in [0.1, 0.15) is 5.75 Å². The number of anilines is 1. The van der Waals surface area contributed by atoms with Crippen LogP contribution in [-0.4, -0.2) is 13.0 Å². The van der Waals surface area contributed by atoms with Crippen LogP contribution in [0.25, 0.3) is 0 Å². The molecule has 2 aromatic carbocycles. The number of rotatable bonds is 5. The number of methoxy groups -OCH3 is 1. The highest BCUT2D eigenvalue weighted by Gasteiger charge is 2.06. The van der Waals surface area contributed by atoms with Gasteiger partial charge in [-0.25, -0.2) is 0 Å². The van der Waals surface area contributed by atoms with Gasteiger partial charge < -0.3 is 10.1 Å². The summed E-state index contributed by atoms with van der Waals surface area (Å²) in [5.41, 5.74) is 3.03. The predicted octanol–water partition coefficient (Wildman–Crippen LogP) is 4.00. The lowest BCUT2D eigenvalue weighted by Crippen LogP contribution is -2.14. The normalized spacial score (nSPS) is 10.5. The molecular weight excluding hydrogens is 262 g/mol. The Morgan fingerprint density at radius 2 is 1.86 bits per heavy atom. The van der Waals surface area contributed by atoms with Crippen molar-refractivity contribution in [3.63, 3.8) is 0 Å². The molecule has 21 heavy (non-hydrogen) atoms. The molecule has 2 aromatic rings. The van der Waals surface area contributed by atoms with Gasteiger partial charge in [0.25, 0.3) is 0 Å². The Morgan fingerprint density at radius 3 is 2.48 bits per heavy atom. The first-order chi connectivity index (χ1) is 10.1. The second kappa shape index (κ2) is 6.93. The minimum absolute atomic E-state index is 0.0129. The van der Waals surface area contributed by atoms with Crippen LogP contribution < -0.4 is 10.1 Å². The topological polar surface area (TPSA) is 38.3 Å². The first-order valence-corrected chi connectivity index (χ1v) is 7.11. The van der Waals surface area contributed by atoms with E-state index in [4.69, 9.17) is 4.74 Å². The van der Waals surface area contributed by atoms with E-state index in [-0.39, 0.29) is 5.91 Å². The molecule has 0 aromatic heterocycles. The molecule has 0 atom stereocenters. The van der Waals surface area contributed by atoms with E-state index < -0.39 is 0 Å². The highest BCUT2D eigenvalue weighted by atomic mass is 16.5. The van der Waals surface area contributed by atoms with Crippen LogP contribution in [0.4, 0.5) is 5.69 Å². The fourth-order valence-corrected chi connectivity index (χ4v) is 2.11. The standard InChI is InChI=1S/C18H21NO2/c1-13(2)15-5-4-6-16(12-15)19-18(20)11-14-7-9-17(21-3)10-8-14/h4-10,12-13H,11H2,1-3H3,(H,19,20). The van der Waals surface area contributed by atoms with Crippen molar-refractivity contribution in [3.05, 3.63) is 59.7 Å². The SMILES string of the molecule is COc1ccc(CC(=O)Nc2cccc(C(C)C)c2)cc1. The summed E-state index contributed by atoms with van der Waals surface area (Å²) < 4.78 is 5.10. The maximum Gasteiger partial charge on any atom is 0.228 e. The molecule has 0 radical (unpaired) electrons. The Morgan fingerprint density at radius 1 is 1.14 bits per heavy atom. The Balaban J connectivity index is 1.99. The van der Waals surface area contributed by atoms with Gasteiger partial charge in [-0.2, -0.15) is 0 Å². The maximum atomic E-state index is 12.1. The Labute approximate surface area is 126 Å². The van der Waals surface area contributed by atoms with Gasteiger partial charge in [-0.15, -0.1) is 0 Å². The van der Waals surface area contributed by atoms with E-state index in [1.807, 2.05) is 42.5 Å². The average molecular weight is 283 g/mol. The van der Waals surface area contributed by atoms with Crippen molar-refractivity contribution in [2.24, 2.45) is 0 Å². The van der Waals surface area contributed by atoms with Crippen LogP contribution in [0.5, 0.6) is 5.75 Å². The third-order valence-electron chi connectivity index (χ3n) is 3.36.